The van der Waals surface area contributed by atoms with E-state index in [4.69, 9.17) is 21.1 Å². The molecule has 0 aliphatic carbocycles. The van der Waals surface area contributed by atoms with Crippen LogP contribution in [-0.2, 0) is 24.8 Å². The van der Waals surface area contributed by atoms with E-state index < -0.39 is 32.0 Å². The van der Waals surface area contributed by atoms with Gasteiger partial charge in [-0.05, 0) is 61.7 Å². The van der Waals surface area contributed by atoms with Gasteiger partial charge in [0.15, 0.2) is 0 Å². The van der Waals surface area contributed by atoms with Crippen LogP contribution in [0, 0.1) is 0 Å². The molecule has 2 aromatic carbocycles. The minimum atomic E-state index is -3.87. The lowest BCUT2D eigenvalue weighted by atomic mass is 10.2. The summed E-state index contributed by atoms with van der Waals surface area (Å²) in [6.07, 6.45) is 3.97. The van der Waals surface area contributed by atoms with Crippen LogP contribution in [0.2, 0.25) is 5.02 Å². The van der Waals surface area contributed by atoms with Gasteiger partial charge in [0.05, 0.1) is 30.5 Å². The van der Waals surface area contributed by atoms with E-state index in [-0.39, 0.29) is 35.9 Å². The first-order valence-corrected chi connectivity index (χ1v) is 16.0. The maximum absolute atomic E-state index is 13.0. The summed E-state index contributed by atoms with van der Waals surface area (Å²) in [5.41, 5.74) is 0.167. The maximum atomic E-state index is 13.0. The van der Waals surface area contributed by atoms with E-state index in [1.165, 1.54) is 35.7 Å². The summed E-state index contributed by atoms with van der Waals surface area (Å²) in [6, 6.07) is 9.66. The Morgan fingerprint density at radius 1 is 1.08 bits per heavy atom. The minimum absolute atomic E-state index is 0.0970. The third kappa shape index (κ3) is 7.31. The lowest BCUT2D eigenvalue weighted by molar-refractivity contribution is -0.122. The molecular weight excluding hydrogens is 554 g/mol. The van der Waals surface area contributed by atoms with Crippen LogP contribution < -0.4 is 19.1 Å². The van der Waals surface area contributed by atoms with E-state index in [0.29, 0.717) is 23.9 Å². The molecule has 1 atom stereocenters. The van der Waals surface area contributed by atoms with E-state index in [1.807, 2.05) is 0 Å². The number of ether oxygens (including phenoxy) is 2. The van der Waals surface area contributed by atoms with Crippen LogP contribution in [0.25, 0.3) is 0 Å². The Morgan fingerprint density at radius 2 is 1.74 bits per heavy atom. The second kappa shape index (κ2) is 13.0. The van der Waals surface area contributed by atoms with Gasteiger partial charge in [0.2, 0.25) is 26.0 Å². The second-order valence-corrected chi connectivity index (χ2v) is 13.1. The van der Waals surface area contributed by atoms with Gasteiger partial charge in [-0.25, -0.2) is 16.8 Å². The molecule has 1 aliphatic heterocycles. The number of methoxy groups -OCH3 is 1. The van der Waals surface area contributed by atoms with E-state index in [9.17, 15) is 21.6 Å². The summed E-state index contributed by atoms with van der Waals surface area (Å²) >= 11 is 6.10. The number of sulfonamides is 2. The number of piperidine rings is 1. The Labute approximate surface area is 230 Å². The maximum Gasteiger partial charge on any atom is 0.244 e. The number of hydrogen-bond acceptors (Lipinski definition) is 7. The zero-order valence-electron chi connectivity index (χ0n) is 21.7. The fourth-order valence-electron chi connectivity index (χ4n) is 4.29. The summed E-state index contributed by atoms with van der Waals surface area (Å²) in [5, 5.41) is 3.01. The molecule has 2 aromatic rings. The molecule has 0 bridgehead atoms. The third-order valence-electron chi connectivity index (χ3n) is 6.15. The molecule has 1 amide bonds. The number of anilines is 1. The number of nitrogens with one attached hydrogen (secondary N) is 1. The number of carbonyl (C=O) groups excluding carboxylic acids is 1. The predicted octanol–water partition coefficient (Wildman–Crippen LogP) is 3.26. The van der Waals surface area contributed by atoms with Crippen LogP contribution >= 0.6 is 11.6 Å². The van der Waals surface area contributed by atoms with Crippen molar-refractivity contribution in [2.24, 2.45) is 0 Å². The van der Waals surface area contributed by atoms with Gasteiger partial charge in [0.25, 0.3) is 0 Å². The van der Waals surface area contributed by atoms with Crippen LogP contribution in [0.3, 0.4) is 0 Å². The van der Waals surface area contributed by atoms with Gasteiger partial charge in [-0.1, -0.05) is 24.9 Å². The molecule has 13 heteroatoms. The SMILES string of the molecule is CC[C@@H](C(=O)NCCOc1ccc(S(=O)(=O)N2CCCCC2)cc1)N(c1cc(Cl)ccc1OC)S(C)(=O)=O. The van der Waals surface area contributed by atoms with Crippen molar-refractivity contribution in [1.82, 2.24) is 9.62 Å². The van der Waals surface area contributed by atoms with Gasteiger partial charge in [-0.3, -0.25) is 9.10 Å². The summed E-state index contributed by atoms with van der Waals surface area (Å²) in [4.78, 5) is 13.2. The third-order valence-corrected chi connectivity index (χ3v) is 9.47. The van der Waals surface area contributed by atoms with Crippen molar-refractivity contribution in [3.63, 3.8) is 0 Å². The van der Waals surface area contributed by atoms with Crippen molar-refractivity contribution in [3.8, 4) is 11.5 Å². The number of amides is 1. The molecule has 1 aliphatic rings. The van der Waals surface area contributed by atoms with Crippen LogP contribution in [0.5, 0.6) is 11.5 Å². The molecule has 210 valence electrons. The van der Waals surface area contributed by atoms with Crippen molar-refractivity contribution in [2.75, 3.05) is 43.9 Å². The van der Waals surface area contributed by atoms with Crippen molar-refractivity contribution < 1.29 is 31.1 Å². The van der Waals surface area contributed by atoms with E-state index in [0.717, 1.165) is 29.8 Å². The summed E-state index contributed by atoms with van der Waals surface area (Å²) in [5.74, 6) is 0.206. The second-order valence-electron chi connectivity index (χ2n) is 8.87. The first-order valence-electron chi connectivity index (χ1n) is 12.3. The molecule has 1 fully saturated rings. The molecule has 0 radical (unpaired) electrons. The number of halogens is 1. The van der Waals surface area contributed by atoms with E-state index in [2.05, 4.69) is 5.32 Å². The molecule has 1 saturated heterocycles. The lowest BCUT2D eigenvalue weighted by Crippen LogP contribution is -2.50. The Balaban J connectivity index is 1.62. The number of benzene rings is 2. The van der Waals surface area contributed by atoms with Crippen molar-refractivity contribution in [1.29, 1.82) is 0 Å². The molecule has 0 unspecified atom stereocenters. The number of nitrogens with zero attached hydrogens (tertiary/aromatic N) is 2. The molecule has 0 spiro atoms. The van der Waals surface area contributed by atoms with Crippen molar-refractivity contribution in [3.05, 3.63) is 47.5 Å². The Kier molecular flexibility index (Phi) is 10.3. The molecule has 1 heterocycles. The van der Waals surface area contributed by atoms with Crippen LogP contribution in [0.15, 0.2) is 47.4 Å². The monoisotopic (exact) mass is 587 g/mol. The summed E-state index contributed by atoms with van der Waals surface area (Å²) in [6.45, 7) is 2.96. The van der Waals surface area contributed by atoms with Crippen LogP contribution in [0.1, 0.15) is 32.6 Å². The largest absolute Gasteiger partial charge is 0.495 e. The van der Waals surface area contributed by atoms with Gasteiger partial charge in [-0.15, -0.1) is 0 Å². The molecule has 10 nitrogen and oxygen atoms in total. The standard InChI is InChI=1S/C25H34ClN3O7S2/c1-4-22(29(37(3,31)32)23-18-19(26)8-13-24(23)35-2)25(30)27-14-17-36-20-9-11-21(12-10-20)38(33,34)28-15-6-5-7-16-28/h8-13,18,22H,4-7,14-17H2,1-3H3,(H,27,30)/t22-/m0/s1. The highest BCUT2D eigenvalue weighted by molar-refractivity contribution is 7.92. The van der Waals surface area contributed by atoms with Gasteiger partial charge < -0.3 is 14.8 Å². The Morgan fingerprint density at radius 3 is 2.32 bits per heavy atom. The number of rotatable bonds is 12. The van der Waals surface area contributed by atoms with Crippen LogP contribution in [-0.4, -0.2) is 72.7 Å². The summed E-state index contributed by atoms with van der Waals surface area (Å²) < 4.78 is 64.5. The van der Waals surface area contributed by atoms with Crippen LogP contribution in [0.4, 0.5) is 5.69 Å². The topological polar surface area (TPSA) is 122 Å². The van der Waals surface area contributed by atoms with Gasteiger partial charge in [0.1, 0.15) is 24.1 Å². The Hall–Kier alpha value is -2.54. The van der Waals surface area contributed by atoms with Gasteiger partial charge in [-0.2, -0.15) is 4.31 Å². The highest BCUT2D eigenvalue weighted by atomic mass is 35.5. The number of hydrogen-bond donors (Lipinski definition) is 1. The molecule has 3 rings (SSSR count). The highest BCUT2D eigenvalue weighted by Gasteiger charge is 2.33. The van der Waals surface area contributed by atoms with Crippen molar-refractivity contribution in [2.45, 2.75) is 43.5 Å². The first-order chi connectivity index (χ1) is 18.0. The van der Waals surface area contributed by atoms with E-state index in [1.54, 1.807) is 25.1 Å². The molecule has 38 heavy (non-hydrogen) atoms. The Bertz CT molecular complexity index is 1310. The van der Waals surface area contributed by atoms with Gasteiger partial charge in [0, 0.05) is 18.1 Å². The smallest absolute Gasteiger partial charge is 0.244 e. The van der Waals surface area contributed by atoms with E-state index >= 15 is 0 Å². The quantitative estimate of drug-likeness (QED) is 0.378. The average molecular weight is 588 g/mol. The fraction of sp³-hybridized carbons (Fsp3) is 0.480. The molecular formula is C25H34ClN3O7S2. The highest BCUT2D eigenvalue weighted by Crippen LogP contribution is 2.35. The first kappa shape index (κ1) is 30.0. The molecule has 0 saturated carbocycles. The zero-order chi connectivity index (χ0) is 27.9. The normalized spacial score (nSPS) is 15.5. The fourth-order valence-corrected chi connectivity index (χ4v) is 7.18. The lowest BCUT2D eigenvalue weighted by Gasteiger charge is -2.31. The molecule has 0 aromatic heterocycles. The number of carbonyl (C=O) groups is 1. The average Bonchev–Trinajstić information content (AvgIpc) is 2.89. The van der Waals surface area contributed by atoms with Crippen molar-refractivity contribution >= 4 is 43.2 Å². The molecule has 1 N–H and O–H groups in total. The minimum Gasteiger partial charge on any atom is -0.495 e. The van der Waals surface area contributed by atoms with Gasteiger partial charge >= 0.3 is 0 Å². The zero-order valence-corrected chi connectivity index (χ0v) is 24.1. The predicted molar refractivity (Wildman–Crippen MR) is 147 cm³/mol. The summed E-state index contributed by atoms with van der Waals surface area (Å²) in [7, 11) is -6.00.